The monoisotopic (exact) mass is 345 g/mol. The predicted molar refractivity (Wildman–Crippen MR) is 90.7 cm³/mol. The fourth-order valence-electron chi connectivity index (χ4n) is 2.14. The Bertz CT molecular complexity index is 800. The molecular formula is C16H19N5O4. The molecule has 9 nitrogen and oxygen atoms in total. The third-order valence-corrected chi connectivity index (χ3v) is 3.34. The number of rotatable bonds is 7. The minimum Gasteiger partial charge on any atom is -0.481 e. The number of carbonyl (C=O) groups is 3. The van der Waals surface area contributed by atoms with Crippen molar-refractivity contribution in [2.24, 2.45) is 5.73 Å². The number of anilines is 1. The molecule has 0 aliphatic heterocycles. The second kappa shape index (κ2) is 7.95. The van der Waals surface area contributed by atoms with E-state index in [0.717, 1.165) is 5.56 Å². The van der Waals surface area contributed by atoms with Gasteiger partial charge in [-0.2, -0.15) is 5.10 Å². The number of aliphatic carboxylic acids is 1. The Balaban J connectivity index is 2.16. The minimum atomic E-state index is -0.923. The summed E-state index contributed by atoms with van der Waals surface area (Å²) in [5.41, 5.74) is 7.39. The highest BCUT2D eigenvalue weighted by Gasteiger charge is 2.12. The lowest BCUT2D eigenvalue weighted by molar-refractivity contribution is -0.137. The number of nitrogens with one attached hydrogen (secondary N) is 2. The predicted octanol–water partition coefficient (Wildman–Crippen LogP) is 1.27. The first-order valence-corrected chi connectivity index (χ1v) is 7.59. The number of nitrogens with two attached hydrogens (primary N) is 1. The van der Waals surface area contributed by atoms with Crippen LogP contribution in [0.5, 0.6) is 0 Å². The molecule has 0 fully saturated rings. The van der Waals surface area contributed by atoms with Crippen molar-refractivity contribution < 1.29 is 19.5 Å². The lowest BCUT2D eigenvalue weighted by atomic mass is 10.1. The molecule has 0 saturated carbocycles. The van der Waals surface area contributed by atoms with Crippen LogP contribution in [0.25, 0.3) is 5.69 Å². The van der Waals surface area contributed by atoms with Crippen molar-refractivity contribution in [3.63, 3.8) is 0 Å². The van der Waals surface area contributed by atoms with Crippen molar-refractivity contribution in [3.05, 3.63) is 41.7 Å². The Labute approximate surface area is 143 Å². The van der Waals surface area contributed by atoms with E-state index in [1.807, 2.05) is 6.92 Å². The summed E-state index contributed by atoms with van der Waals surface area (Å²) in [5.74, 6) is -1.54. The number of nitrogens with zero attached hydrogens (tertiary/aromatic N) is 2. The van der Waals surface area contributed by atoms with Gasteiger partial charge in [-0.25, -0.2) is 9.48 Å². The van der Waals surface area contributed by atoms with E-state index in [1.54, 1.807) is 29.2 Å². The van der Waals surface area contributed by atoms with Gasteiger partial charge in [0.25, 0.3) is 0 Å². The second-order valence-corrected chi connectivity index (χ2v) is 5.44. The van der Waals surface area contributed by atoms with Crippen molar-refractivity contribution in [3.8, 4) is 5.69 Å². The number of benzene rings is 1. The Hall–Kier alpha value is -3.36. The van der Waals surface area contributed by atoms with Crippen LogP contribution in [0.1, 0.15) is 28.8 Å². The summed E-state index contributed by atoms with van der Waals surface area (Å²) >= 11 is 0. The summed E-state index contributed by atoms with van der Waals surface area (Å²) in [6.45, 7) is 2.09. The van der Waals surface area contributed by atoms with Gasteiger partial charge in [0.05, 0.1) is 17.6 Å². The van der Waals surface area contributed by atoms with E-state index in [2.05, 4.69) is 15.7 Å². The van der Waals surface area contributed by atoms with Gasteiger partial charge in [-0.05, 0) is 37.1 Å². The fourth-order valence-corrected chi connectivity index (χ4v) is 2.14. The van der Waals surface area contributed by atoms with Gasteiger partial charge in [-0.1, -0.05) is 0 Å². The fraction of sp³-hybridized carbons (Fsp3) is 0.250. The van der Waals surface area contributed by atoms with E-state index >= 15 is 0 Å². The highest BCUT2D eigenvalue weighted by Crippen LogP contribution is 2.22. The maximum Gasteiger partial charge on any atom is 0.319 e. The van der Waals surface area contributed by atoms with Crippen LogP contribution >= 0.6 is 0 Å². The maximum absolute atomic E-state index is 12.0. The average Bonchev–Trinajstić information content (AvgIpc) is 2.97. The topological polar surface area (TPSA) is 139 Å². The molecule has 2 rings (SSSR count). The Morgan fingerprint density at radius 3 is 2.68 bits per heavy atom. The first-order chi connectivity index (χ1) is 11.9. The molecule has 5 N–H and O–H groups in total. The maximum atomic E-state index is 12.0. The molecule has 0 spiro atoms. The van der Waals surface area contributed by atoms with Crippen molar-refractivity contribution >= 4 is 23.6 Å². The van der Waals surface area contributed by atoms with Crippen LogP contribution in [-0.2, 0) is 4.79 Å². The first-order valence-electron chi connectivity index (χ1n) is 7.59. The molecule has 0 unspecified atom stereocenters. The van der Waals surface area contributed by atoms with E-state index in [-0.39, 0.29) is 18.5 Å². The molecule has 0 saturated heterocycles. The molecule has 132 valence electrons. The molecule has 2 aromatic rings. The lowest BCUT2D eigenvalue weighted by Crippen LogP contribution is -2.30. The summed E-state index contributed by atoms with van der Waals surface area (Å²) in [6.07, 6.45) is 3.72. The molecule has 1 aromatic carbocycles. The van der Waals surface area contributed by atoms with Crippen LogP contribution < -0.4 is 16.4 Å². The van der Waals surface area contributed by atoms with Crippen molar-refractivity contribution in [2.75, 3.05) is 11.9 Å². The number of hydrogen-bond donors (Lipinski definition) is 4. The second-order valence-electron chi connectivity index (χ2n) is 5.44. The molecule has 1 aromatic heterocycles. The number of urea groups is 1. The molecule has 0 atom stereocenters. The molecular weight excluding hydrogens is 326 g/mol. The number of aryl methyl sites for hydroxylation is 1. The van der Waals surface area contributed by atoms with E-state index in [0.29, 0.717) is 17.8 Å². The summed E-state index contributed by atoms with van der Waals surface area (Å²) in [7, 11) is 0. The van der Waals surface area contributed by atoms with E-state index in [1.165, 1.54) is 6.07 Å². The number of primary amides is 1. The van der Waals surface area contributed by atoms with Gasteiger partial charge >= 0.3 is 12.0 Å². The van der Waals surface area contributed by atoms with E-state index < -0.39 is 17.9 Å². The zero-order chi connectivity index (χ0) is 18.4. The Morgan fingerprint density at radius 1 is 1.32 bits per heavy atom. The van der Waals surface area contributed by atoms with Crippen LogP contribution in [-0.4, -0.2) is 39.3 Å². The van der Waals surface area contributed by atoms with E-state index in [4.69, 9.17) is 10.8 Å². The quantitative estimate of drug-likeness (QED) is 0.559. The third kappa shape index (κ3) is 5.06. The zero-order valence-corrected chi connectivity index (χ0v) is 13.7. The van der Waals surface area contributed by atoms with Gasteiger partial charge in [-0.15, -0.1) is 0 Å². The largest absolute Gasteiger partial charge is 0.481 e. The SMILES string of the molecule is Cc1cnn(-c2ccc(C(N)=O)cc2NC(=O)NCCCC(=O)O)c1. The third-order valence-electron chi connectivity index (χ3n) is 3.34. The van der Waals surface area contributed by atoms with Crippen LogP contribution in [0.15, 0.2) is 30.6 Å². The highest BCUT2D eigenvalue weighted by molar-refractivity contribution is 5.97. The molecule has 0 radical (unpaired) electrons. The van der Waals surface area contributed by atoms with Gasteiger partial charge in [0.1, 0.15) is 0 Å². The van der Waals surface area contributed by atoms with Crippen molar-refractivity contribution in [1.29, 1.82) is 0 Å². The Morgan fingerprint density at radius 2 is 2.08 bits per heavy atom. The Kier molecular flexibility index (Phi) is 5.72. The normalized spacial score (nSPS) is 10.3. The average molecular weight is 345 g/mol. The van der Waals surface area contributed by atoms with Gasteiger partial charge in [0.15, 0.2) is 0 Å². The van der Waals surface area contributed by atoms with Gasteiger partial charge < -0.3 is 21.5 Å². The number of hydrogen-bond acceptors (Lipinski definition) is 4. The molecule has 25 heavy (non-hydrogen) atoms. The van der Waals surface area contributed by atoms with Gasteiger partial charge in [0.2, 0.25) is 5.91 Å². The van der Waals surface area contributed by atoms with Crippen molar-refractivity contribution in [2.45, 2.75) is 19.8 Å². The van der Waals surface area contributed by atoms with Crippen LogP contribution in [0.4, 0.5) is 10.5 Å². The first kappa shape index (κ1) is 18.0. The van der Waals surface area contributed by atoms with E-state index in [9.17, 15) is 14.4 Å². The van der Waals surface area contributed by atoms with Gasteiger partial charge in [-0.3, -0.25) is 9.59 Å². The zero-order valence-electron chi connectivity index (χ0n) is 13.7. The van der Waals surface area contributed by atoms with Crippen LogP contribution in [0, 0.1) is 6.92 Å². The molecule has 1 heterocycles. The number of carbonyl (C=O) groups excluding carboxylic acids is 2. The van der Waals surface area contributed by atoms with Crippen LogP contribution in [0.2, 0.25) is 0 Å². The highest BCUT2D eigenvalue weighted by atomic mass is 16.4. The summed E-state index contributed by atoms with van der Waals surface area (Å²) in [5, 5.41) is 18.0. The minimum absolute atomic E-state index is 0.0325. The summed E-state index contributed by atoms with van der Waals surface area (Å²) < 4.78 is 1.57. The van der Waals surface area contributed by atoms with Crippen molar-refractivity contribution in [1.82, 2.24) is 15.1 Å². The molecule has 0 aliphatic rings. The lowest BCUT2D eigenvalue weighted by Gasteiger charge is -2.13. The number of carboxylic acid groups (broad SMARTS) is 1. The van der Waals surface area contributed by atoms with Gasteiger partial charge in [0, 0.05) is 24.7 Å². The molecule has 0 bridgehead atoms. The molecule has 0 aliphatic carbocycles. The standard InChI is InChI=1S/C16H19N5O4/c1-10-8-19-21(9-10)13-5-4-11(15(17)24)7-12(13)20-16(25)18-6-2-3-14(22)23/h4-5,7-9H,2-3,6H2,1H3,(H2,17,24)(H,22,23)(H2,18,20,25). The molecule has 9 heteroatoms. The summed E-state index contributed by atoms with van der Waals surface area (Å²) in [4.78, 5) is 33.9. The molecule has 3 amide bonds. The smallest absolute Gasteiger partial charge is 0.319 e. The summed E-state index contributed by atoms with van der Waals surface area (Å²) in [6, 6.07) is 4.13. The number of amides is 3. The number of aromatic nitrogens is 2. The van der Waals surface area contributed by atoms with Crippen LogP contribution in [0.3, 0.4) is 0 Å². The number of carboxylic acids is 1.